The molecule has 3 aromatic rings. The van der Waals surface area contributed by atoms with Gasteiger partial charge in [0.1, 0.15) is 5.82 Å². The van der Waals surface area contributed by atoms with E-state index in [2.05, 4.69) is 10.2 Å². The summed E-state index contributed by atoms with van der Waals surface area (Å²) in [5.74, 6) is 0.915. The number of hydrogen-bond acceptors (Lipinski definition) is 5. The second-order valence-corrected chi connectivity index (χ2v) is 5.26. The van der Waals surface area contributed by atoms with Gasteiger partial charge in [-0.3, -0.25) is 4.90 Å². The fourth-order valence-electron chi connectivity index (χ4n) is 2.06. The first-order chi connectivity index (χ1) is 10.6. The Morgan fingerprint density at radius 1 is 1.18 bits per heavy atom. The molecule has 5 nitrogen and oxygen atoms in total. The van der Waals surface area contributed by atoms with Crippen molar-refractivity contribution in [1.82, 2.24) is 15.1 Å². The molecule has 0 unspecified atom stereocenters. The minimum absolute atomic E-state index is 0.317. The molecular formula is C15H13ClFN3O2. The summed E-state index contributed by atoms with van der Waals surface area (Å²) >= 11 is 6.02. The molecule has 114 valence electrons. The lowest BCUT2D eigenvalue weighted by Crippen LogP contribution is -2.18. The Balaban J connectivity index is 1.68. The summed E-state index contributed by atoms with van der Waals surface area (Å²) in [6.45, 7) is 0.711. The van der Waals surface area contributed by atoms with E-state index >= 15 is 0 Å². The zero-order valence-corrected chi connectivity index (χ0v) is 12.5. The van der Waals surface area contributed by atoms with Crippen LogP contribution in [0.15, 0.2) is 45.4 Å². The summed E-state index contributed by atoms with van der Waals surface area (Å²) in [5, 5.41) is 8.27. The summed E-state index contributed by atoms with van der Waals surface area (Å²) in [6, 6.07) is 8.10. The highest BCUT2D eigenvalue weighted by atomic mass is 35.5. The Labute approximate surface area is 131 Å². The molecule has 0 saturated heterocycles. The van der Waals surface area contributed by atoms with Crippen LogP contribution in [0.3, 0.4) is 0 Å². The maximum absolute atomic E-state index is 13.8. The van der Waals surface area contributed by atoms with Crippen molar-refractivity contribution in [2.24, 2.45) is 0 Å². The third-order valence-corrected chi connectivity index (χ3v) is 3.45. The van der Waals surface area contributed by atoms with Gasteiger partial charge in [-0.05, 0) is 31.3 Å². The highest BCUT2D eigenvalue weighted by molar-refractivity contribution is 6.31. The van der Waals surface area contributed by atoms with E-state index in [4.69, 9.17) is 20.4 Å². The summed E-state index contributed by atoms with van der Waals surface area (Å²) < 4.78 is 24.5. The molecule has 0 spiro atoms. The van der Waals surface area contributed by atoms with Gasteiger partial charge in [0.2, 0.25) is 5.89 Å². The number of furan rings is 1. The number of nitrogens with zero attached hydrogens (tertiary/aromatic N) is 3. The Bertz CT molecular complexity index is 738. The molecule has 0 bridgehead atoms. The largest absolute Gasteiger partial charge is 0.459 e. The van der Waals surface area contributed by atoms with Crippen LogP contribution >= 0.6 is 11.6 Å². The Kier molecular flexibility index (Phi) is 4.22. The molecule has 7 heteroatoms. The zero-order chi connectivity index (χ0) is 15.5. The van der Waals surface area contributed by atoms with Crippen LogP contribution in [-0.4, -0.2) is 22.1 Å². The number of halogens is 2. The lowest BCUT2D eigenvalue weighted by atomic mass is 10.2. The van der Waals surface area contributed by atoms with Gasteiger partial charge in [-0.2, -0.15) is 0 Å². The molecule has 3 rings (SSSR count). The van der Waals surface area contributed by atoms with Crippen molar-refractivity contribution in [2.75, 3.05) is 7.05 Å². The molecule has 0 aliphatic rings. The van der Waals surface area contributed by atoms with E-state index in [1.807, 2.05) is 11.9 Å². The predicted octanol–water partition coefficient (Wildman–Crippen LogP) is 3.75. The van der Waals surface area contributed by atoms with Crippen molar-refractivity contribution >= 4 is 11.6 Å². The Morgan fingerprint density at radius 2 is 2.05 bits per heavy atom. The van der Waals surface area contributed by atoms with Gasteiger partial charge >= 0.3 is 0 Å². The zero-order valence-electron chi connectivity index (χ0n) is 11.8. The number of aromatic nitrogens is 2. The molecule has 0 fully saturated rings. The standard InChI is InChI=1S/C15H13ClFN3O2/c1-20(8-10-11(16)4-2-5-12(10)17)9-14-18-19-15(22-14)13-6-3-7-21-13/h2-7H,8-9H2,1H3. The maximum Gasteiger partial charge on any atom is 0.283 e. The number of hydrogen-bond donors (Lipinski definition) is 0. The smallest absolute Gasteiger partial charge is 0.283 e. The fourth-order valence-corrected chi connectivity index (χ4v) is 2.28. The van der Waals surface area contributed by atoms with E-state index in [9.17, 15) is 4.39 Å². The van der Waals surface area contributed by atoms with E-state index in [0.29, 0.717) is 41.2 Å². The van der Waals surface area contributed by atoms with Crippen molar-refractivity contribution in [2.45, 2.75) is 13.1 Å². The van der Waals surface area contributed by atoms with Crippen molar-refractivity contribution in [1.29, 1.82) is 0 Å². The molecule has 0 N–H and O–H groups in total. The van der Waals surface area contributed by atoms with Crippen molar-refractivity contribution in [3.05, 3.63) is 58.9 Å². The number of rotatable bonds is 5. The molecule has 0 radical (unpaired) electrons. The van der Waals surface area contributed by atoms with E-state index in [1.165, 1.54) is 12.3 Å². The van der Waals surface area contributed by atoms with E-state index in [-0.39, 0.29) is 5.82 Å². The normalized spacial score (nSPS) is 11.3. The molecule has 0 aliphatic carbocycles. The molecule has 0 saturated carbocycles. The second kappa shape index (κ2) is 6.29. The van der Waals surface area contributed by atoms with Crippen LogP contribution < -0.4 is 0 Å². The highest BCUT2D eigenvalue weighted by Crippen LogP contribution is 2.22. The van der Waals surface area contributed by atoms with Gasteiger partial charge in [-0.1, -0.05) is 17.7 Å². The van der Waals surface area contributed by atoms with Crippen molar-refractivity contribution in [3.8, 4) is 11.7 Å². The minimum Gasteiger partial charge on any atom is -0.459 e. The van der Waals surface area contributed by atoms with Crippen LogP contribution in [-0.2, 0) is 13.1 Å². The van der Waals surface area contributed by atoms with Crippen LogP contribution in [0.1, 0.15) is 11.5 Å². The van der Waals surface area contributed by atoms with Crippen LogP contribution in [0, 0.1) is 5.82 Å². The monoisotopic (exact) mass is 321 g/mol. The first-order valence-corrected chi connectivity index (χ1v) is 6.99. The number of benzene rings is 1. The summed E-state index contributed by atoms with van der Waals surface area (Å²) in [7, 11) is 1.82. The third-order valence-electron chi connectivity index (χ3n) is 3.09. The Hall–Kier alpha value is -2.18. The minimum atomic E-state index is -0.332. The van der Waals surface area contributed by atoms with Crippen molar-refractivity contribution in [3.63, 3.8) is 0 Å². The van der Waals surface area contributed by atoms with Crippen molar-refractivity contribution < 1.29 is 13.2 Å². The first kappa shape index (κ1) is 14.7. The van der Waals surface area contributed by atoms with Gasteiger partial charge in [0, 0.05) is 17.1 Å². The van der Waals surface area contributed by atoms with Gasteiger partial charge in [0.15, 0.2) is 5.76 Å². The third kappa shape index (κ3) is 3.18. The van der Waals surface area contributed by atoms with Gasteiger partial charge in [0.25, 0.3) is 5.89 Å². The van der Waals surface area contributed by atoms with E-state index < -0.39 is 0 Å². The lowest BCUT2D eigenvalue weighted by Gasteiger charge is -2.15. The molecule has 0 aliphatic heterocycles. The molecular weight excluding hydrogens is 309 g/mol. The fraction of sp³-hybridized carbons (Fsp3) is 0.200. The van der Waals surface area contributed by atoms with Gasteiger partial charge in [-0.25, -0.2) is 4.39 Å². The van der Waals surface area contributed by atoms with Gasteiger partial charge < -0.3 is 8.83 Å². The average molecular weight is 322 g/mol. The molecule has 0 atom stereocenters. The SMILES string of the molecule is CN(Cc1nnc(-c2ccco2)o1)Cc1c(F)cccc1Cl. The van der Waals surface area contributed by atoms with Crippen LogP contribution in [0.25, 0.3) is 11.7 Å². The Morgan fingerprint density at radius 3 is 2.77 bits per heavy atom. The predicted molar refractivity (Wildman–Crippen MR) is 78.6 cm³/mol. The van der Waals surface area contributed by atoms with E-state index in [1.54, 1.807) is 24.3 Å². The van der Waals surface area contributed by atoms with E-state index in [0.717, 1.165) is 0 Å². The summed E-state index contributed by atoms with van der Waals surface area (Å²) in [4.78, 5) is 1.84. The molecule has 2 heterocycles. The second-order valence-electron chi connectivity index (χ2n) is 4.85. The van der Waals surface area contributed by atoms with Crippen LogP contribution in [0.4, 0.5) is 4.39 Å². The molecule has 0 amide bonds. The molecule has 1 aromatic carbocycles. The lowest BCUT2D eigenvalue weighted by molar-refractivity contribution is 0.278. The summed E-state index contributed by atoms with van der Waals surface area (Å²) in [6.07, 6.45) is 1.53. The molecule has 22 heavy (non-hydrogen) atoms. The summed E-state index contributed by atoms with van der Waals surface area (Å²) in [5.41, 5.74) is 0.442. The van der Waals surface area contributed by atoms with Gasteiger partial charge in [0.05, 0.1) is 12.8 Å². The topological polar surface area (TPSA) is 55.3 Å². The average Bonchev–Trinajstić information content (AvgIpc) is 3.13. The van der Waals surface area contributed by atoms with Crippen LogP contribution in [0.2, 0.25) is 5.02 Å². The maximum atomic E-state index is 13.8. The highest BCUT2D eigenvalue weighted by Gasteiger charge is 2.14. The first-order valence-electron chi connectivity index (χ1n) is 6.61. The molecule has 2 aromatic heterocycles. The quantitative estimate of drug-likeness (QED) is 0.716. The van der Waals surface area contributed by atoms with Gasteiger partial charge in [-0.15, -0.1) is 10.2 Å². The van der Waals surface area contributed by atoms with Crippen LogP contribution in [0.5, 0.6) is 0 Å².